The molecular weight excluding hydrogens is 360 g/mol. The van der Waals surface area contributed by atoms with Crippen LogP contribution in [0, 0.1) is 6.92 Å². The molecule has 26 heavy (non-hydrogen) atoms. The number of hydrogen-bond acceptors (Lipinski definition) is 3. The first-order valence-electron chi connectivity index (χ1n) is 8.42. The molecule has 0 heterocycles. The number of aliphatic hydroxyl groups is 1. The average molecular weight is 383 g/mol. The summed E-state index contributed by atoms with van der Waals surface area (Å²) in [6.07, 6.45) is 0.754. The van der Waals surface area contributed by atoms with Crippen LogP contribution < -0.4 is 0 Å². The van der Waals surface area contributed by atoms with Crippen molar-refractivity contribution < 1.29 is 9.32 Å². The van der Waals surface area contributed by atoms with Crippen LogP contribution in [0.5, 0.6) is 0 Å². The number of aryl methyl sites for hydroxylation is 1. The second kappa shape index (κ2) is 8.21. The zero-order chi connectivity index (χ0) is 18.6. The lowest BCUT2D eigenvalue weighted by molar-refractivity contribution is 0.161. The Labute approximate surface area is 161 Å². The van der Waals surface area contributed by atoms with Gasteiger partial charge in [-0.15, -0.1) is 0 Å². The van der Waals surface area contributed by atoms with E-state index in [1.807, 2.05) is 91.9 Å². The highest BCUT2D eigenvalue weighted by Crippen LogP contribution is 2.52. The normalized spacial score (nSPS) is 15.8. The highest BCUT2D eigenvalue weighted by Gasteiger charge is 2.45. The molecule has 3 rings (SSSR count). The third-order valence-electron chi connectivity index (χ3n) is 4.37. The van der Waals surface area contributed by atoms with Crippen molar-refractivity contribution in [2.45, 2.75) is 22.0 Å². The van der Waals surface area contributed by atoms with E-state index < -0.39 is 21.0 Å². The summed E-state index contributed by atoms with van der Waals surface area (Å²) in [5.74, 6) is 0. The van der Waals surface area contributed by atoms with Crippen LogP contribution in [-0.4, -0.2) is 15.6 Å². The van der Waals surface area contributed by atoms with Gasteiger partial charge in [-0.2, -0.15) is 0 Å². The molecule has 0 radical (unpaired) electrons. The SMILES string of the molecule is Cc1ccc(C(Sc2ccccc2)(C(O)c2ccccc2)S(C)=O)cc1. The predicted molar refractivity (Wildman–Crippen MR) is 111 cm³/mol. The van der Waals surface area contributed by atoms with Crippen molar-refractivity contribution in [3.05, 3.63) is 102 Å². The molecule has 2 nitrogen and oxygen atoms in total. The number of aliphatic hydroxyl groups excluding tert-OH is 1. The maximum atomic E-state index is 13.1. The highest BCUT2D eigenvalue weighted by atomic mass is 32.2. The van der Waals surface area contributed by atoms with E-state index >= 15 is 0 Å². The van der Waals surface area contributed by atoms with Gasteiger partial charge >= 0.3 is 0 Å². The molecule has 0 aromatic heterocycles. The Balaban J connectivity index is 2.18. The molecule has 0 aliphatic rings. The van der Waals surface area contributed by atoms with Gasteiger partial charge in [-0.05, 0) is 30.2 Å². The van der Waals surface area contributed by atoms with Crippen LogP contribution in [0.25, 0.3) is 0 Å². The highest BCUT2D eigenvalue weighted by molar-refractivity contribution is 8.11. The smallest absolute Gasteiger partial charge is 0.150 e. The summed E-state index contributed by atoms with van der Waals surface area (Å²) in [6, 6.07) is 27.2. The van der Waals surface area contributed by atoms with Crippen molar-refractivity contribution in [3.63, 3.8) is 0 Å². The van der Waals surface area contributed by atoms with Crippen molar-refractivity contribution in [1.29, 1.82) is 0 Å². The van der Waals surface area contributed by atoms with Gasteiger partial charge in [-0.1, -0.05) is 90.1 Å². The summed E-state index contributed by atoms with van der Waals surface area (Å²) in [7, 11) is -1.34. The van der Waals surface area contributed by atoms with E-state index in [0.29, 0.717) is 0 Å². The van der Waals surface area contributed by atoms with E-state index in [2.05, 4.69) is 0 Å². The van der Waals surface area contributed by atoms with Crippen LogP contribution in [0.2, 0.25) is 0 Å². The van der Waals surface area contributed by atoms with Crippen molar-refractivity contribution in [3.8, 4) is 0 Å². The van der Waals surface area contributed by atoms with E-state index in [0.717, 1.165) is 21.6 Å². The van der Waals surface area contributed by atoms with Crippen LogP contribution in [0.4, 0.5) is 0 Å². The molecule has 0 fully saturated rings. The van der Waals surface area contributed by atoms with Crippen molar-refractivity contribution in [1.82, 2.24) is 0 Å². The lowest BCUT2D eigenvalue weighted by Crippen LogP contribution is -2.34. The van der Waals surface area contributed by atoms with Gasteiger partial charge < -0.3 is 5.11 Å². The quantitative estimate of drug-likeness (QED) is 0.606. The van der Waals surface area contributed by atoms with Gasteiger partial charge in [-0.3, -0.25) is 4.21 Å². The fraction of sp³-hybridized carbons (Fsp3) is 0.182. The Morgan fingerprint density at radius 1 is 0.885 bits per heavy atom. The van der Waals surface area contributed by atoms with Crippen LogP contribution in [-0.2, 0) is 14.9 Å². The van der Waals surface area contributed by atoms with E-state index in [1.54, 1.807) is 6.26 Å². The Hall–Kier alpha value is -1.88. The van der Waals surface area contributed by atoms with Gasteiger partial charge in [0.05, 0.1) is 0 Å². The fourth-order valence-electron chi connectivity index (χ4n) is 2.96. The van der Waals surface area contributed by atoms with Crippen LogP contribution in [0.15, 0.2) is 89.8 Å². The molecule has 0 spiro atoms. The molecule has 3 aromatic rings. The average Bonchev–Trinajstić information content (AvgIpc) is 2.67. The molecule has 0 aliphatic heterocycles. The van der Waals surface area contributed by atoms with E-state index in [4.69, 9.17) is 0 Å². The first-order chi connectivity index (χ1) is 12.5. The standard InChI is InChI=1S/C22H22O2S2/c1-17-13-15-19(16-14-17)22(26(2)24,25-20-11-7-4-8-12-20)21(23)18-9-5-3-6-10-18/h3-16,21,23H,1-2H3. The minimum absolute atomic E-state index is 0.756. The molecular formula is C22H22O2S2. The summed E-state index contributed by atoms with van der Waals surface area (Å²) in [5, 5.41) is 11.4. The summed E-state index contributed by atoms with van der Waals surface area (Å²) >= 11 is 1.46. The van der Waals surface area contributed by atoms with E-state index in [1.165, 1.54) is 11.8 Å². The topological polar surface area (TPSA) is 37.3 Å². The van der Waals surface area contributed by atoms with Gasteiger partial charge in [0.15, 0.2) is 0 Å². The summed E-state index contributed by atoms with van der Waals surface area (Å²) in [6.45, 7) is 2.02. The molecule has 3 atom stereocenters. The van der Waals surface area contributed by atoms with Crippen molar-refractivity contribution >= 4 is 22.6 Å². The number of hydrogen-bond donors (Lipinski definition) is 1. The van der Waals surface area contributed by atoms with Gasteiger partial charge in [0.1, 0.15) is 10.2 Å². The molecule has 3 unspecified atom stereocenters. The lowest BCUT2D eigenvalue weighted by Gasteiger charge is -2.36. The Bertz CT molecular complexity index is 864. The molecule has 0 saturated carbocycles. The number of thioether (sulfide) groups is 1. The fourth-order valence-corrected chi connectivity index (χ4v) is 5.78. The van der Waals surface area contributed by atoms with Crippen LogP contribution in [0.1, 0.15) is 22.8 Å². The van der Waals surface area contributed by atoms with Crippen LogP contribution >= 0.6 is 11.8 Å². The molecule has 0 aliphatic carbocycles. The first kappa shape index (κ1) is 18.9. The number of benzene rings is 3. The van der Waals surface area contributed by atoms with Gasteiger partial charge in [0, 0.05) is 22.0 Å². The molecule has 134 valence electrons. The summed E-state index contributed by atoms with van der Waals surface area (Å²) in [4.78, 5) is 0.971. The number of rotatable bonds is 6. The van der Waals surface area contributed by atoms with Crippen molar-refractivity contribution in [2.24, 2.45) is 0 Å². The van der Waals surface area contributed by atoms with Crippen molar-refractivity contribution in [2.75, 3.05) is 6.26 Å². The molecule has 4 heteroatoms. The predicted octanol–water partition coefficient (Wildman–Crippen LogP) is 5.05. The minimum atomic E-state index is -1.34. The van der Waals surface area contributed by atoms with E-state index in [-0.39, 0.29) is 0 Å². The third kappa shape index (κ3) is 3.78. The largest absolute Gasteiger partial charge is 0.386 e. The molecule has 3 aromatic carbocycles. The molecule has 0 saturated heterocycles. The Kier molecular flexibility index (Phi) is 5.97. The minimum Gasteiger partial charge on any atom is -0.386 e. The maximum absolute atomic E-state index is 13.1. The monoisotopic (exact) mass is 382 g/mol. The van der Waals surface area contributed by atoms with Crippen LogP contribution in [0.3, 0.4) is 0 Å². The summed E-state index contributed by atoms with van der Waals surface area (Å²) < 4.78 is 12.1. The molecule has 0 bridgehead atoms. The summed E-state index contributed by atoms with van der Waals surface area (Å²) in [5.41, 5.74) is 2.74. The Morgan fingerprint density at radius 2 is 1.42 bits per heavy atom. The third-order valence-corrected chi connectivity index (χ3v) is 7.91. The zero-order valence-electron chi connectivity index (χ0n) is 14.8. The van der Waals surface area contributed by atoms with Gasteiger partial charge in [-0.25, -0.2) is 0 Å². The maximum Gasteiger partial charge on any atom is 0.150 e. The second-order valence-electron chi connectivity index (χ2n) is 6.22. The molecule has 0 amide bonds. The lowest BCUT2D eigenvalue weighted by atomic mass is 9.99. The first-order valence-corrected chi connectivity index (χ1v) is 10.8. The second-order valence-corrected chi connectivity index (χ2v) is 9.35. The molecule has 1 N–H and O–H groups in total. The van der Waals surface area contributed by atoms with E-state index in [9.17, 15) is 9.32 Å². The van der Waals surface area contributed by atoms with Gasteiger partial charge in [0.25, 0.3) is 0 Å². The zero-order valence-corrected chi connectivity index (χ0v) is 16.5. The Morgan fingerprint density at radius 3 is 1.96 bits per heavy atom. The van der Waals surface area contributed by atoms with Gasteiger partial charge in [0.2, 0.25) is 0 Å².